The number of carbonyl (C=O) groups is 1. The zero-order valence-corrected chi connectivity index (χ0v) is 12.6. The van der Waals surface area contributed by atoms with Gasteiger partial charge in [-0.25, -0.2) is 4.39 Å². The molecule has 5 heteroatoms. The molecule has 1 unspecified atom stereocenters. The first kappa shape index (κ1) is 14.5. The van der Waals surface area contributed by atoms with Crippen molar-refractivity contribution in [1.82, 2.24) is 4.90 Å². The van der Waals surface area contributed by atoms with Crippen LogP contribution in [0.3, 0.4) is 0 Å². The Balaban J connectivity index is 2.16. The Bertz CT molecular complexity index is 461. The molecule has 1 aromatic rings. The van der Waals surface area contributed by atoms with E-state index in [1.54, 1.807) is 4.90 Å². The van der Waals surface area contributed by atoms with Gasteiger partial charge in [-0.1, -0.05) is 15.9 Å². The van der Waals surface area contributed by atoms with Gasteiger partial charge in [0.2, 0.25) is 0 Å². The SMILES string of the molecule is CC1(C)CN(C(=O)c2ccc(F)cc2)CC(CBr)O1. The van der Waals surface area contributed by atoms with Crippen molar-refractivity contribution in [2.45, 2.75) is 25.6 Å². The van der Waals surface area contributed by atoms with E-state index in [1.165, 1.54) is 24.3 Å². The highest BCUT2D eigenvalue weighted by Gasteiger charge is 2.35. The molecule has 0 spiro atoms. The van der Waals surface area contributed by atoms with E-state index in [0.717, 1.165) is 0 Å². The third-order valence-corrected chi connectivity index (χ3v) is 3.75. The van der Waals surface area contributed by atoms with E-state index in [1.807, 2.05) is 13.8 Å². The predicted octanol–water partition coefficient (Wildman–Crippen LogP) is 2.84. The van der Waals surface area contributed by atoms with Crippen LogP contribution in [0, 0.1) is 5.82 Å². The number of rotatable bonds is 2. The molecule has 0 N–H and O–H groups in total. The maximum atomic E-state index is 12.9. The number of alkyl halides is 1. The topological polar surface area (TPSA) is 29.5 Å². The van der Waals surface area contributed by atoms with Crippen LogP contribution in [-0.4, -0.2) is 40.9 Å². The number of benzene rings is 1. The molecule has 0 radical (unpaired) electrons. The van der Waals surface area contributed by atoms with Gasteiger partial charge in [0.25, 0.3) is 5.91 Å². The van der Waals surface area contributed by atoms with Crippen molar-refractivity contribution in [3.8, 4) is 0 Å². The van der Waals surface area contributed by atoms with Crippen molar-refractivity contribution >= 4 is 21.8 Å². The highest BCUT2D eigenvalue weighted by Crippen LogP contribution is 2.23. The van der Waals surface area contributed by atoms with E-state index in [4.69, 9.17) is 4.74 Å². The van der Waals surface area contributed by atoms with Gasteiger partial charge in [-0.15, -0.1) is 0 Å². The van der Waals surface area contributed by atoms with Gasteiger partial charge in [0.15, 0.2) is 0 Å². The predicted molar refractivity (Wildman–Crippen MR) is 75.0 cm³/mol. The molecule has 1 heterocycles. The molecule has 1 amide bonds. The van der Waals surface area contributed by atoms with Gasteiger partial charge >= 0.3 is 0 Å². The minimum absolute atomic E-state index is 0.0202. The number of carbonyl (C=O) groups excluding carboxylic acids is 1. The molecule has 1 fully saturated rings. The second kappa shape index (κ2) is 5.59. The van der Waals surface area contributed by atoms with Gasteiger partial charge in [0.05, 0.1) is 11.7 Å². The maximum Gasteiger partial charge on any atom is 0.254 e. The van der Waals surface area contributed by atoms with Gasteiger partial charge < -0.3 is 9.64 Å². The van der Waals surface area contributed by atoms with Crippen LogP contribution in [0.4, 0.5) is 4.39 Å². The van der Waals surface area contributed by atoms with Crippen molar-refractivity contribution in [2.75, 3.05) is 18.4 Å². The highest BCUT2D eigenvalue weighted by molar-refractivity contribution is 9.09. The maximum absolute atomic E-state index is 12.9. The van der Waals surface area contributed by atoms with Crippen molar-refractivity contribution < 1.29 is 13.9 Å². The minimum atomic E-state index is -0.369. The first-order valence-corrected chi connectivity index (χ1v) is 7.32. The van der Waals surface area contributed by atoms with Gasteiger partial charge in [-0.3, -0.25) is 4.79 Å². The smallest absolute Gasteiger partial charge is 0.254 e. The molecule has 1 aromatic carbocycles. The van der Waals surface area contributed by atoms with Crippen LogP contribution in [0.25, 0.3) is 0 Å². The molecular formula is C14H17BrFNO2. The van der Waals surface area contributed by atoms with Gasteiger partial charge in [0.1, 0.15) is 5.82 Å². The van der Waals surface area contributed by atoms with Crippen LogP contribution in [0.15, 0.2) is 24.3 Å². The standard InChI is InChI=1S/C14H17BrFNO2/c1-14(2)9-17(8-12(7-15)19-14)13(18)10-3-5-11(16)6-4-10/h3-6,12H,7-9H2,1-2H3. The fourth-order valence-corrected chi connectivity index (χ4v) is 2.64. The van der Waals surface area contributed by atoms with E-state index in [0.29, 0.717) is 24.0 Å². The molecule has 3 nitrogen and oxygen atoms in total. The molecule has 1 aliphatic rings. The molecule has 19 heavy (non-hydrogen) atoms. The first-order chi connectivity index (χ1) is 8.91. The average Bonchev–Trinajstić information content (AvgIpc) is 2.37. The Labute approximate surface area is 120 Å². The molecule has 104 valence electrons. The lowest BCUT2D eigenvalue weighted by molar-refractivity contribution is -0.116. The van der Waals surface area contributed by atoms with Crippen molar-refractivity contribution in [2.24, 2.45) is 0 Å². The second-order valence-electron chi connectivity index (χ2n) is 5.35. The van der Waals surface area contributed by atoms with E-state index in [2.05, 4.69) is 15.9 Å². The fourth-order valence-electron chi connectivity index (χ4n) is 2.31. The summed E-state index contributed by atoms with van der Waals surface area (Å²) in [6, 6.07) is 5.65. The summed E-state index contributed by atoms with van der Waals surface area (Å²) in [7, 11) is 0. The fraction of sp³-hybridized carbons (Fsp3) is 0.500. The monoisotopic (exact) mass is 329 g/mol. The van der Waals surface area contributed by atoms with E-state index < -0.39 is 0 Å². The van der Waals surface area contributed by atoms with Crippen LogP contribution in [-0.2, 0) is 4.74 Å². The number of hydrogen-bond acceptors (Lipinski definition) is 2. The number of ether oxygens (including phenoxy) is 1. The number of nitrogens with zero attached hydrogens (tertiary/aromatic N) is 1. The molecule has 2 rings (SSSR count). The number of halogens is 2. The third kappa shape index (κ3) is 3.54. The normalized spacial score (nSPS) is 22.3. The van der Waals surface area contributed by atoms with Crippen LogP contribution < -0.4 is 0 Å². The van der Waals surface area contributed by atoms with Crippen molar-refractivity contribution in [3.05, 3.63) is 35.6 Å². The quantitative estimate of drug-likeness (QED) is 0.781. The van der Waals surface area contributed by atoms with Crippen LogP contribution >= 0.6 is 15.9 Å². The molecule has 1 saturated heterocycles. The summed E-state index contributed by atoms with van der Waals surface area (Å²) in [5.74, 6) is -0.417. The summed E-state index contributed by atoms with van der Waals surface area (Å²) in [6.45, 7) is 5.01. The lowest BCUT2D eigenvalue weighted by Gasteiger charge is -2.42. The van der Waals surface area contributed by atoms with Gasteiger partial charge in [-0.05, 0) is 38.1 Å². The lowest BCUT2D eigenvalue weighted by Crippen LogP contribution is -2.55. The van der Waals surface area contributed by atoms with E-state index in [-0.39, 0.29) is 23.4 Å². The van der Waals surface area contributed by atoms with Crippen LogP contribution in [0.5, 0.6) is 0 Å². The summed E-state index contributed by atoms with van der Waals surface area (Å²) in [4.78, 5) is 14.2. The number of morpholine rings is 1. The van der Waals surface area contributed by atoms with Crippen LogP contribution in [0.2, 0.25) is 0 Å². The Morgan fingerprint density at radius 1 is 1.47 bits per heavy atom. The molecular weight excluding hydrogens is 313 g/mol. The van der Waals surface area contributed by atoms with Crippen molar-refractivity contribution in [1.29, 1.82) is 0 Å². The van der Waals surface area contributed by atoms with Crippen molar-refractivity contribution in [3.63, 3.8) is 0 Å². The van der Waals surface area contributed by atoms with Crippen LogP contribution in [0.1, 0.15) is 24.2 Å². The largest absolute Gasteiger partial charge is 0.368 e. The molecule has 0 aromatic heterocycles. The molecule has 0 saturated carbocycles. The zero-order chi connectivity index (χ0) is 14.0. The number of amides is 1. The third-order valence-electron chi connectivity index (χ3n) is 3.03. The molecule has 1 atom stereocenters. The summed E-state index contributed by atoms with van der Waals surface area (Å²) in [5.41, 5.74) is 0.138. The van der Waals surface area contributed by atoms with E-state index >= 15 is 0 Å². The second-order valence-corrected chi connectivity index (χ2v) is 5.99. The Morgan fingerprint density at radius 3 is 2.68 bits per heavy atom. The molecule has 1 aliphatic heterocycles. The zero-order valence-electron chi connectivity index (χ0n) is 11.0. The molecule has 0 bridgehead atoms. The van der Waals surface area contributed by atoms with Gasteiger partial charge in [0, 0.05) is 24.0 Å². The Morgan fingerprint density at radius 2 is 2.11 bits per heavy atom. The summed E-state index contributed by atoms with van der Waals surface area (Å²) < 4.78 is 18.7. The van der Waals surface area contributed by atoms with E-state index in [9.17, 15) is 9.18 Å². The minimum Gasteiger partial charge on any atom is -0.368 e. The summed E-state index contributed by atoms with van der Waals surface area (Å²) in [6.07, 6.45) is -0.0202. The average molecular weight is 330 g/mol. The van der Waals surface area contributed by atoms with Gasteiger partial charge in [-0.2, -0.15) is 0 Å². The summed E-state index contributed by atoms with van der Waals surface area (Å²) in [5, 5.41) is 0.684. The first-order valence-electron chi connectivity index (χ1n) is 6.20. The lowest BCUT2D eigenvalue weighted by atomic mass is 10.0. The highest BCUT2D eigenvalue weighted by atomic mass is 79.9. The summed E-state index contributed by atoms with van der Waals surface area (Å²) >= 11 is 3.39. The Kier molecular flexibility index (Phi) is 4.26. The number of hydrogen-bond donors (Lipinski definition) is 0. The molecule has 0 aliphatic carbocycles. The Hall–Kier alpha value is -0.940.